The average molecular weight is 231 g/mol. The lowest BCUT2D eigenvalue weighted by Crippen LogP contribution is -2.19. The third-order valence-electron chi connectivity index (χ3n) is 1.78. The number of nitriles is 1. The summed E-state index contributed by atoms with van der Waals surface area (Å²) in [5.41, 5.74) is -0.317. The van der Waals surface area contributed by atoms with E-state index in [4.69, 9.17) is 16.9 Å². The molecule has 0 amide bonds. The van der Waals surface area contributed by atoms with E-state index < -0.39 is 18.0 Å². The second-order valence-electron chi connectivity index (χ2n) is 2.90. The Kier molecular flexibility index (Phi) is 3.97. The number of hydrogen-bond acceptors (Lipinski definition) is 4. The summed E-state index contributed by atoms with van der Waals surface area (Å²) < 4.78 is 13.2. The van der Waals surface area contributed by atoms with Crippen molar-refractivity contribution >= 4 is 11.6 Å². The van der Waals surface area contributed by atoms with Gasteiger partial charge in [0.1, 0.15) is 17.6 Å². The molecule has 80 valence electrons. The average Bonchev–Trinajstić information content (AvgIpc) is 2.17. The number of pyridine rings is 1. The van der Waals surface area contributed by atoms with Crippen LogP contribution in [0.5, 0.6) is 0 Å². The molecular formula is C9H8ClFN2O2. The maximum absolute atomic E-state index is 13.2. The summed E-state index contributed by atoms with van der Waals surface area (Å²) >= 11 is 5.46. The molecule has 1 aromatic heterocycles. The maximum Gasteiger partial charge on any atom is 0.148 e. The van der Waals surface area contributed by atoms with E-state index in [0.29, 0.717) is 0 Å². The van der Waals surface area contributed by atoms with Crippen LogP contribution in [0.1, 0.15) is 18.2 Å². The molecule has 6 heteroatoms. The molecule has 0 aliphatic rings. The predicted molar refractivity (Wildman–Crippen MR) is 50.4 cm³/mol. The van der Waals surface area contributed by atoms with E-state index in [9.17, 15) is 14.6 Å². The summed E-state index contributed by atoms with van der Waals surface area (Å²) in [5.74, 6) is -0.813. The van der Waals surface area contributed by atoms with Gasteiger partial charge in [-0.1, -0.05) is 11.6 Å². The molecule has 15 heavy (non-hydrogen) atoms. The molecule has 1 aromatic rings. The van der Waals surface area contributed by atoms with Gasteiger partial charge in [-0.3, -0.25) is 4.98 Å². The van der Waals surface area contributed by atoms with Gasteiger partial charge in [0, 0.05) is 6.20 Å². The van der Waals surface area contributed by atoms with E-state index in [1.54, 1.807) is 6.07 Å². The molecule has 0 saturated carbocycles. The molecule has 0 aromatic carbocycles. The minimum absolute atomic E-state index is 0.0956. The quantitative estimate of drug-likeness (QED) is 0.818. The van der Waals surface area contributed by atoms with Gasteiger partial charge in [-0.25, -0.2) is 4.39 Å². The van der Waals surface area contributed by atoms with E-state index in [1.165, 1.54) is 0 Å². The minimum atomic E-state index is -1.53. The van der Waals surface area contributed by atoms with Crippen LogP contribution in [0.2, 0.25) is 5.02 Å². The van der Waals surface area contributed by atoms with Crippen molar-refractivity contribution in [3.63, 3.8) is 0 Å². The number of halogens is 2. The fraction of sp³-hybridized carbons (Fsp3) is 0.333. The fourth-order valence-corrected chi connectivity index (χ4v) is 1.17. The summed E-state index contributed by atoms with van der Waals surface area (Å²) in [7, 11) is 0. The zero-order valence-corrected chi connectivity index (χ0v) is 8.32. The van der Waals surface area contributed by atoms with Gasteiger partial charge in [0.25, 0.3) is 0 Å². The first-order chi connectivity index (χ1) is 7.06. The summed E-state index contributed by atoms with van der Waals surface area (Å²) in [4.78, 5) is 3.55. The second-order valence-corrected chi connectivity index (χ2v) is 3.33. The number of rotatable bonds is 3. The molecule has 1 rings (SSSR count). The highest BCUT2D eigenvalue weighted by Gasteiger charge is 2.22. The van der Waals surface area contributed by atoms with Gasteiger partial charge in [-0.05, 0) is 6.07 Å². The van der Waals surface area contributed by atoms with E-state index in [-0.39, 0.29) is 17.1 Å². The molecule has 2 unspecified atom stereocenters. The van der Waals surface area contributed by atoms with E-state index in [2.05, 4.69) is 4.98 Å². The van der Waals surface area contributed by atoms with Gasteiger partial charge in [-0.15, -0.1) is 0 Å². The number of aliphatic hydroxyl groups is 2. The summed E-state index contributed by atoms with van der Waals surface area (Å²) in [5, 5.41) is 27.1. The lowest BCUT2D eigenvalue weighted by molar-refractivity contribution is 0.0167. The van der Waals surface area contributed by atoms with Crippen molar-refractivity contribution in [2.45, 2.75) is 18.6 Å². The Bertz CT molecular complexity index is 394. The van der Waals surface area contributed by atoms with Crippen LogP contribution < -0.4 is 0 Å². The summed E-state index contributed by atoms with van der Waals surface area (Å²) in [6, 6.07) is 2.64. The van der Waals surface area contributed by atoms with Gasteiger partial charge in [0.15, 0.2) is 0 Å². The van der Waals surface area contributed by atoms with Crippen LogP contribution in [-0.2, 0) is 0 Å². The Balaban J connectivity index is 2.91. The molecule has 0 radical (unpaired) electrons. The van der Waals surface area contributed by atoms with Crippen LogP contribution in [0, 0.1) is 17.1 Å². The minimum Gasteiger partial charge on any atom is -0.389 e. The molecule has 0 bridgehead atoms. The molecule has 0 aliphatic carbocycles. The fourth-order valence-electron chi connectivity index (χ4n) is 1.03. The van der Waals surface area contributed by atoms with Crippen LogP contribution in [0.4, 0.5) is 4.39 Å². The molecule has 0 spiro atoms. The van der Waals surface area contributed by atoms with Gasteiger partial charge < -0.3 is 10.2 Å². The van der Waals surface area contributed by atoms with Crippen molar-refractivity contribution < 1.29 is 14.6 Å². The van der Waals surface area contributed by atoms with Crippen LogP contribution in [0.3, 0.4) is 0 Å². The van der Waals surface area contributed by atoms with Crippen molar-refractivity contribution in [1.29, 1.82) is 5.26 Å². The Morgan fingerprint density at radius 3 is 2.80 bits per heavy atom. The lowest BCUT2D eigenvalue weighted by atomic mass is 10.1. The second kappa shape index (κ2) is 5.03. The number of hydrogen-bond donors (Lipinski definition) is 2. The van der Waals surface area contributed by atoms with Gasteiger partial charge in [-0.2, -0.15) is 5.26 Å². The largest absolute Gasteiger partial charge is 0.389 e. The molecular weight excluding hydrogens is 223 g/mol. The van der Waals surface area contributed by atoms with Crippen LogP contribution in [0.25, 0.3) is 0 Å². The van der Waals surface area contributed by atoms with E-state index >= 15 is 0 Å². The van der Waals surface area contributed by atoms with Crippen LogP contribution >= 0.6 is 11.6 Å². The first kappa shape index (κ1) is 11.9. The highest BCUT2D eigenvalue weighted by molar-refractivity contribution is 6.30. The normalized spacial score (nSPS) is 14.3. The third-order valence-corrected chi connectivity index (χ3v) is 1.99. The first-order valence-corrected chi connectivity index (χ1v) is 4.48. The van der Waals surface area contributed by atoms with Crippen molar-refractivity contribution in [3.8, 4) is 6.07 Å². The summed E-state index contributed by atoms with van der Waals surface area (Å²) in [6.45, 7) is 0. The van der Waals surface area contributed by atoms with E-state index in [0.717, 1.165) is 12.3 Å². The molecule has 2 atom stereocenters. The van der Waals surface area contributed by atoms with Gasteiger partial charge in [0.2, 0.25) is 0 Å². The van der Waals surface area contributed by atoms with Crippen molar-refractivity contribution in [3.05, 3.63) is 28.8 Å². The number of aliphatic hydroxyl groups excluding tert-OH is 2. The van der Waals surface area contributed by atoms with Crippen molar-refractivity contribution in [2.75, 3.05) is 0 Å². The monoisotopic (exact) mass is 230 g/mol. The number of aromatic nitrogens is 1. The number of nitrogens with zero attached hydrogens (tertiary/aromatic N) is 2. The van der Waals surface area contributed by atoms with Crippen LogP contribution in [-0.4, -0.2) is 21.3 Å². The molecule has 1 heterocycles. The summed E-state index contributed by atoms with van der Waals surface area (Å²) in [6.07, 6.45) is -2.03. The SMILES string of the molecule is N#CCC(O)C(O)c1ncc(Cl)cc1F. The smallest absolute Gasteiger partial charge is 0.148 e. The Morgan fingerprint density at radius 2 is 2.27 bits per heavy atom. The van der Waals surface area contributed by atoms with Crippen molar-refractivity contribution in [2.24, 2.45) is 0 Å². The zero-order valence-electron chi connectivity index (χ0n) is 7.56. The standard InChI is InChI=1S/C9H8ClFN2O2/c10-5-3-6(11)8(13-4-5)9(15)7(14)1-2-12/h3-4,7,9,14-15H,1H2. The van der Waals surface area contributed by atoms with Crippen LogP contribution in [0.15, 0.2) is 12.3 Å². The molecule has 0 aliphatic heterocycles. The van der Waals surface area contributed by atoms with Gasteiger partial charge in [0.05, 0.1) is 23.6 Å². The molecule has 2 N–H and O–H groups in total. The molecule has 0 saturated heterocycles. The Labute approximate surface area is 90.6 Å². The predicted octanol–water partition coefficient (Wildman–Crippen LogP) is 1.18. The van der Waals surface area contributed by atoms with Gasteiger partial charge >= 0.3 is 0 Å². The molecule has 0 fully saturated rings. The zero-order chi connectivity index (χ0) is 11.4. The molecule has 4 nitrogen and oxygen atoms in total. The highest BCUT2D eigenvalue weighted by Crippen LogP contribution is 2.21. The van der Waals surface area contributed by atoms with E-state index in [1.807, 2.05) is 0 Å². The Morgan fingerprint density at radius 1 is 1.60 bits per heavy atom. The van der Waals surface area contributed by atoms with Crippen molar-refractivity contribution in [1.82, 2.24) is 4.98 Å². The lowest BCUT2D eigenvalue weighted by Gasteiger charge is -2.14. The third kappa shape index (κ3) is 2.86. The highest BCUT2D eigenvalue weighted by atomic mass is 35.5. The first-order valence-electron chi connectivity index (χ1n) is 4.10. The topological polar surface area (TPSA) is 77.1 Å². The maximum atomic E-state index is 13.2. The Hall–Kier alpha value is -1.22.